The Hall–Kier alpha value is -4.45. The number of benzene rings is 2. The van der Waals surface area contributed by atoms with Gasteiger partial charge in [0.1, 0.15) is 17.6 Å². The molecule has 0 spiro atoms. The molecule has 42 heavy (non-hydrogen) atoms. The monoisotopic (exact) mass is 582 g/mol. The molecule has 1 heterocycles. The van der Waals surface area contributed by atoms with Gasteiger partial charge in [-0.1, -0.05) is 24.3 Å². The average molecular weight is 583 g/mol. The number of amides is 2. The lowest BCUT2D eigenvalue weighted by atomic mass is 9.87. The van der Waals surface area contributed by atoms with Gasteiger partial charge in [-0.2, -0.15) is 0 Å². The summed E-state index contributed by atoms with van der Waals surface area (Å²) < 4.78 is 19.7. The summed E-state index contributed by atoms with van der Waals surface area (Å²) >= 11 is 0. The molecule has 1 aromatic heterocycles. The molecule has 0 saturated carbocycles. The summed E-state index contributed by atoms with van der Waals surface area (Å²) in [4.78, 5) is 58.2. The smallest absolute Gasteiger partial charge is 0.306 e. The van der Waals surface area contributed by atoms with E-state index in [2.05, 4.69) is 15.3 Å². The number of primary amides is 1. The molecule has 3 unspecified atom stereocenters. The lowest BCUT2D eigenvalue weighted by Gasteiger charge is -2.31. The number of aromatic nitrogens is 2. The zero-order valence-electron chi connectivity index (χ0n) is 23.5. The van der Waals surface area contributed by atoms with E-state index < -0.39 is 66.1 Å². The third kappa shape index (κ3) is 10.2. The maximum Gasteiger partial charge on any atom is 0.306 e. The van der Waals surface area contributed by atoms with Crippen molar-refractivity contribution in [2.75, 3.05) is 0 Å². The molecule has 0 aliphatic heterocycles. The number of nitrogens with zero attached hydrogens (tertiary/aromatic N) is 2. The number of rotatable bonds is 15. The number of para-hydroxylation sites is 2. The van der Waals surface area contributed by atoms with Gasteiger partial charge in [0.05, 0.1) is 41.7 Å². The van der Waals surface area contributed by atoms with Gasteiger partial charge in [-0.15, -0.1) is 0 Å². The Morgan fingerprint density at radius 3 is 2.43 bits per heavy atom. The summed E-state index contributed by atoms with van der Waals surface area (Å²) in [5.74, 6) is -4.83. The maximum absolute atomic E-state index is 14.1. The fraction of sp³-hybridized carbons (Fsp3) is 0.400. The maximum atomic E-state index is 14.1. The molecule has 2 amide bonds. The highest BCUT2D eigenvalue weighted by atomic mass is 19.1. The highest BCUT2D eigenvalue weighted by Crippen LogP contribution is 2.24. The van der Waals surface area contributed by atoms with Crippen LogP contribution in [-0.4, -0.2) is 61.7 Å². The van der Waals surface area contributed by atoms with Crippen LogP contribution in [0.2, 0.25) is 0 Å². The van der Waals surface area contributed by atoms with E-state index >= 15 is 0 Å². The highest BCUT2D eigenvalue weighted by Gasteiger charge is 2.33. The molecule has 11 nitrogen and oxygen atoms in total. The number of esters is 1. The summed E-state index contributed by atoms with van der Waals surface area (Å²) in [6.07, 6.45) is -0.629. The SMILES string of the molecule is CC(C)(O)CCC(CC(OC(=O)CCC(=O)O)C(Cc1cccc(F)c1)NC(=O)c1cnc2ccccc2n1)C(N)=O. The van der Waals surface area contributed by atoms with Crippen molar-refractivity contribution in [2.24, 2.45) is 11.7 Å². The highest BCUT2D eigenvalue weighted by molar-refractivity contribution is 5.94. The quantitative estimate of drug-likeness (QED) is 0.196. The Kier molecular flexibility index (Phi) is 11.0. The molecule has 12 heteroatoms. The van der Waals surface area contributed by atoms with E-state index in [0.717, 1.165) is 0 Å². The van der Waals surface area contributed by atoms with Crippen LogP contribution in [0.3, 0.4) is 0 Å². The summed E-state index contributed by atoms with van der Waals surface area (Å²) in [5, 5.41) is 22.0. The predicted molar refractivity (Wildman–Crippen MR) is 150 cm³/mol. The minimum Gasteiger partial charge on any atom is -0.481 e. The third-order valence-electron chi connectivity index (χ3n) is 6.64. The van der Waals surface area contributed by atoms with Crippen LogP contribution in [0, 0.1) is 11.7 Å². The fourth-order valence-corrected chi connectivity index (χ4v) is 4.42. The lowest BCUT2D eigenvalue weighted by Crippen LogP contribution is -2.48. The van der Waals surface area contributed by atoms with E-state index in [4.69, 9.17) is 15.6 Å². The summed E-state index contributed by atoms with van der Waals surface area (Å²) in [6, 6.07) is 11.6. The van der Waals surface area contributed by atoms with Gasteiger partial charge in [-0.25, -0.2) is 9.37 Å². The second-order valence-corrected chi connectivity index (χ2v) is 10.8. The molecule has 3 aromatic rings. The molecule has 0 saturated heterocycles. The van der Waals surface area contributed by atoms with Crippen molar-refractivity contribution >= 4 is 34.8 Å². The van der Waals surface area contributed by atoms with Gasteiger partial charge in [0.15, 0.2) is 0 Å². The first-order chi connectivity index (χ1) is 19.8. The number of halogens is 1. The molecule has 0 aliphatic carbocycles. The molecule has 0 aliphatic rings. The number of carbonyl (C=O) groups excluding carboxylic acids is 3. The van der Waals surface area contributed by atoms with Gasteiger partial charge in [-0.3, -0.25) is 24.2 Å². The second kappa shape index (κ2) is 14.4. The Labute approximate surface area is 242 Å². The fourth-order valence-electron chi connectivity index (χ4n) is 4.42. The van der Waals surface area contributed by atoms with E-state index in [-0.39, 0.29) is 31.4 Å². The number of aliphatic hydroxyl groups is 1. The van der Waals surface area contributed by atoms with Crippen molar-refractivity contribution in [3.05, 3.63) is 71.8 Å². The molecule has 0 fully saturated rings. The molecule has 5 N–H and O–H groups in total. The van der Waals surface area contributed by atoms with Gasteiger partial charge in [0, 0.05) is 5.92 Å². The van der Waals surface area contributed by atoms with Crippen LogP contribution in [-0.2, 0) is 25.5 Å². The number of ether oxygens (including phenoxy) is 1. The van der Waals surface area contributed by atoms with Crippen molar-refractivity contribution in [2.45, 2.75) is 70.1 Å². The summed E-state index contributed by atoms with van der Waals surface area (Å²) in [6.45, 7) is 3.15. The Balaban J connectivity index is 1.97. The molecular formula is C30H35FN4O7. The Bertz CT molecular complexity index is 1430. The molecule has 224 valence electrons. The topological polar surface area (TPSA) is 182 Å². The van der Waals surface area contributed by atoms with E-state index in [0.29, 0.717) is 16.6 Å². The van der Waals surface area contributed by atoms with Gasteiger partial charge in [0.25, 0.3) is 5.91 Å². The number of nitrogens with two attached hydrogens (primary N) is 1. The van der Waals surface area contributed by atoms with E-state index in [1.54, 1.807) is 44.2 Å². The van der Waals surface area contributed by atoms with Crippen molar-refractivity contribution in [1.29, 1.82) is 0 Å². The molecular weight excluding hydrogens is 547 g/mol. The van der Waals surface area contributed by atoms with Crippen molar-refractivity contribution in [3.8, 4) is 0 Å². The van der Waals surface area contributed by atoms with Gasteiger partial charge >= 0.3 is 11.9 Å². The van der Waals surface area contributed by atoms with Crippen LogP contribution in [0.5, 0.6) is 0 Å². The van der Waals surface area contributed by atoms with Crippen molar-refractivity contribution in [1.82, 2.24) is 15.3 Å². The second-order valence-electron chi connectivity index (χ2n) is 10.8. The van der Waals surface area contributed by atoms with Crippen LogP contribution in [0.25, 0.3) is 11.0 Å². The zero-order chi connectivity index (χ0) is 30.9. The number of nitrogens with one attached hydrogen (secondary N) is 1. The standard InChI is InChI=1S/C30H35FN4O7/c1-30(2,41)13-12-19(28(32)39)16-25(42-27(38)11-10-26(36)37)23(15-18-6-5-7-20(31)14-18)35-29(40)24-17-33-21-8-3-4-9-22(21)34-24/h3-9,14,17,19,23,25,41H,10-13,15-16H2,1-2H3,(H2,32,39)(H,35,40)(H,36,37). The molecule has 3 atom stereocenters. The summed E-state index contributed by atoms with van der Waals surface area (Å²) in [7, 11) is 0. The number of carboxylic acid groups (broad SMARTS) is 1. The number of aliphatic carboxylic acids is 1. The van der Waals surface area contributed by atoms with Crippen LogP contribution >= 0.6 is 0 Å². The predicted octanol–water partition coefficient (Wildman–Crippen LogP) is 2.93. The Morgan fingerprint density at radius 2 is 1.79 bits per heavy atom. The number of hydrogen-bond donors (Lipinski definition) is 4. The van der Waals surface area contributed by atoms with Crippen LogP contribution < -0.4 is 11.1 Å². The average Bonchev–Trinajstić information content (AvgIpc) is 2.92. The van der Waals surface area contributed by atoms with E-state index in [1.165, 1.54) is 24.4 Å². The first-order valence-corrected chi connectivity index (χ1v) is 13.5. The molecule has 2 aromatic carbocycles. The van der Waals surface area contributed by atoms with E-state index in [9.17, 15) is 28.7 Å². The number of carbonyl (C=O) groups is 4. The van der Waals surface area contributed by atoms with Crippen LogP contribution in [0.1, 0.15) is 62.0 Å². The summed E-state index contributed by atoms with van der Waals surface area (Å²) in [5.41, 5.74) is 6.05. The van der Waals surface area contributed by atoms with Crippen LogP contribution in [0.4, 0.5) is 4.39 Å². The minimum absolute atomic E-state index is 0.0155. The normalized spacial score (nSPS) is 13.6. The van der Waals surface area contributed by atoms with Crippen molar-refractivity contribution in [3.63, 3.8) is 0 Å². The Morgan fingerprint density at radius 1 is 1.07 bits per heavy atom. The van der Waals surface area contributed by atoms with Gasteiger partial charge in [-0.05, 0) is 69.4 Å². The van der Waals surface area contributed by atoms with E-state index in [1.807, 2.05) is 0 Å². The first kappa shape index (κ1) is 32.1. The van der Waals surface area contributed by atoms with Gasteiger partial charge in [0.2, 0.25) is 5.91 Å². The molecule has 0 bridgehead atoms. The molecule has 0 radical (unpaired) electrons. The van der Waals surface area contributed by atoms with Gasteiger partial charge < -0.3 is 26.0 Å². The zero-order valence-corrected chi connectivity index (χ0v) is 23.5. The minimum atomic E-state index is -1.21. The number of fused-ring (bicyclic) bond motifs is 1. The molecule has 3 rings (SSSR count). The third-order valence-corrected chi connectivity index (χ3v) is 6.64. The van der Waals surface area contributed by atoms with Crippen molar-refractivity contribution < 1.29 is 38.5 Å². The first-order valence-electron chi connectivity index (χ1n) is 13.5. The van der Waals surface area contributed by atoms with Crippen LogP contribution in [0.15, 0.2) is 54.7 Å². The number of hydrogen-bond acceptors (Lipinski definition) is 8. The largest absolute Gasteiger partial charge is 0.481 e. The lowest BCUT2D eigenvalue weighted by molar-refractivity contribution is -0.154. The number of carboxylic acids is 1.